The fraction of sp³-hybridized carbons (Fsp3) is 0.538. The second-order valence-electron chi connectivity index (χ2n) is 4.20. The van der Waals surface area contributed by atoms with Gasteiger partial charge in [-0.2, -0.15) is 0 Å². The third-order valence-corrected chi connectivity index (χ3v) is 2.73. The monoisotopic (exact) mass is 203 g/mol. The number of aryl methyl sites for hydroxylation is 1. The maximum atomic E-state index is 2.54. The minimum absolute atomic E-state index is 1.11. The lowest BCUT2D eigenvalue weighted by molar-refractivity contribution is 0.444. The summed E-state index contributed by atoms with van der Waals surface area (Å²) in [6.45, 7) is 9.12. The molecule has 0 fully saturated rings. The molecule has 0 N–H and O–H groups in total. The normalized spacial score (nSPS) is 10.7. The summed E-state index contributed by atoms with van der Waals surface area (Å²) in [6, 6.07) is 8.69. The van der Waals surface area contributed by atoms with Gasteiger partial charge in [-0.15, -0.1) is 0 Å². The van der Waals surface area contributed by atoms with E-state index in [0.29, 0.717) is 0 Å². The van der Waals surface area contributed by atoms with Gasteiger partial charge >= 0.3 is 0 Å². The van der Waals surface area contributed by atoms with Crippen LogP contribution in [0.25, 0.3) is 0 Å². The van der Waals surface area contributed by atoms with Crippen LogP contribution < -0.4 is 5.46 Å². The van der Waals surface area contributed by atoms with Gasteiger partial charge in [-0.25, -0.2) is 0 Å². The molecule has 1 aromatic carbocycles. The number of nitrogens with zero attached hydrogens (tertiary/aromatic N) is 1. The zero-order chi connectivity index (χ0) is 11.1. The first-order valence-corrected chi connectivity index (χ1v) is 6.04. The fourth-order valence-corrected chi connectivity index (χ4v) is 1.93. The predicted molar refractivity (Wildman–Crippen MR) is 70.1 cm³/mol. The van der Waals surface area contributed by atoms with Gasteiger partial charge in [-0.05, 0) is 32.9 Å². The third kappa shape index (κ3) is 4.09. The van der Waals surface area contributed by atoms with E-state index in [2.05, 4.69) is 49.8 Å². The molecular formula is C13H22BN. The molecule has 15 heavy (non-hydrogen) atoms. The molecule has 1 nitrogen and oxygen atoms in total. The van der Waals surface area contributed by atoms with E-state index in [1.807, 2.05) is 0 Å². The summed E-state index contributed by atoms with van der Waals surface area (Å²) in [5.41, 5.74) is 2.88. The maximum Gasteiger partial charge on any atom is 0.238 e. The molecule has 2 heteroatoms. The quantitative estimate of drug-likeness (QED) is 0.640. The molecule has 0 aliphatic carbocycles. The van der Waals surface area contributed by atoms with E-state index in [1.54, 1.807) is 0 Å². The van der Waals surface area contributed by atoms with Crippen LogP contribution in [0, 0.1) is 6.92 Å². The highest BCUT2D eigenvalue weighted by Crippen LogP contribution is 1.96. The SMILES string of the molecule is CCCN(Bc1ccccc1C)CCC. The highest BCUT2D eigenvalue weighted by molar-refractivity contribution is 6.51. The Hall–Kier alpha value is -0.755. The van der Waals surface area contributed by atoms with Crippen molar-refractivity contribution in [3.63, 3.8) is 0 Å². The molecule has 0 bridgehead atoms. The zero-order valence-electron chi connectivity index (χ0n) is 10.3. The van der Waals surface area contributed by atoms with Gasteiger partial charge < -0.3 is 4.81 Å². The fourth-order valence-electron chi connectivity index (χ4n) is 1.93. The van der Waals surface area contributed by atoms with E-state index < -0.39 is 0 Å². The van der Waals surface area contributed by atoms with Crippen LogP contribution in [0.2, 0.25) is 0 Å². The summed E-state index contributed by atoms with van der Waals surface area (Å²) >= 11 is 0. The van der Waals surface area contributed by atoms with Crippen molar-refractivity contribution in [3.05, 3.63) is 29.8 Å². The zero-order valence-corrected chi connectivity index (χ0v) is 10.3. The molecule has 1 aromatic rings. The van der Waals surface area contributed by atoms with Gasteiger partial charge in [0.15, 0.2) is 0 Å². The number of hydrogen-bond acceptors (Lipinski definition) is 1. The van der Waals surface area contributed by atoms with Gasteiger partial charge in [0.05, 0.1) is 0 Å². The number of benzene rings is 1. The van der Waals surface area contributed by atoms with Crippen LogP contribution in [0.5, 0.6) is 0 Å². The van der Waals surface area contributed by atoms with Crippen molar-refractivity contribution < 1.29 is 0 Å². The Morgan fingerprint density at radius 3 is 2.20 bits per heavy atom. The lowest BCUT2D eigenvalue weighted by Crippen LogP contribution is -2.38. The van der Waals surface area contributed by atoms with E-state index in [0.717, 1.165) is 7.41 Å². The second kappa shape index (κ2) is 6.68. The van der Waals surface area contributed by atoms with Crippen molar-refractivity contribution in [2.24, 2.45) is 0 Å². The standard InChI is InChI=1S/C13H22BN/c1-4-10-15(11-5-2)14-13-9-7-6-8-12(13)3/h6-9,14H,4-5,10-11H2,1-3H3. The van der Waals surface area contributed by atoms with Gasteiger partial charge in [-0.3, -0.25) is 0 Å². The first-order chi connectivity index (χ1) is 7.27. The minimum Gasteiger partial charge on any atom is -0.341 e. The molecular weight excluding hydrogens is 181 g/mol. The summed E-state index contributed by atoms with van der Waals surface area (Å²) < 4.78 is 0. The molecule has 0 saturated heterocycles. The van der Waals surface area contributed by atoms with E-state index >= 15 is 0 Å². The van der Waals surface area contributed by atoms with Crippen molar-refractivity contribution in [1.29, 1.82) is 0 Å². The minimum atomic E-state index is 1.11. The first kappa shape index (κ1) is 12.3. The summed E-state index contributed by atoms with van der Waals surface area (Å²) in [5, 5.41) is 0. The van der Waals surface area contributed by atoms with E-state index in [9.17, 15) is 0 Å². The van der Waals surface area contributed by atoms with Crippen LogP contribution in [-0.4, -0.2) is 25.3 Å². The summed E-state index contributed by atoms with van der Waals surface area (Å²) in [5.74, 6) is 0. The molecule has 0 aromatic heterocycles. The van der Waals surface area contributed by atoms with Crippen LogP contribution in [0.15, 0.2) is 24.3 Å². The van der Waals surface area contributed by atoms with Gasteiger partial charge in [0, 0.05) is 0 Å². The third-order valence-electron chi connectivity index (χ3n) is 2.73. The molecule has 0 spiro atoms. The highest BCUT2D eigenvalue weighted by atomic mass is 15.0. The summed E-state index contributed by atoms with van der Waals surface area (Å²) in [4.78, 5) is 2.54. The molecule has 0 saturated carbocycles. The molecule has 0 atom stereocenters. The molecule has 0 amide bonds. The Kier molecular flexibility index (Phi) is 5.48. The van der Waals surface area contributed by atoms with Crippen molar-refractivity contribution in [3.8, 4) is 0 Å². The van der Waals surface area contributed by atoms with Crippen molar-refractivity contribution >= 4 is 12.9 Å². The highest BCUT2D eigenvalue weighted by Gasteiger charge is 2.07. The molecule has 1 rings (SSSR count). The molecule has 82 valence electrons. The Balaban J connectivity index is 2.60. The summed E-state index contributed by atoms with van der Waals surface area (Å²) in [6.07, 6.45) is 2.48. The van der Waals surface area contributed by atoms with Crippen LogP contribution in [0.4, 0.5) is 0 Å². The Morgan fingerprint density at radius 2 is 1.67 bits per heavy atom. The van der Waals surface area contributed by atoms with Crippen molar-refractivity contribution in [2.75, 3.05) is 13.1 Å². The molecule has 0 aliphatic heterocycles. The molecule has 0 heterocycles. The molecule has 0 radical (unpaired) electrons. The van der Waals surface area contributed by atoms with Gasteiger partial charge in [0.25, 0.3) is 0 Å². The predicted octanol–water partition coefficient (Wildman–Crippen LogP) is 2.09. The number of hydrogen-bond donors (Lipinski definition) is 0. The summed E-state index contributed by atoms with van der Waals surface area (Å²) in [7, 11) is 1.11. The maximum absolute atomic E-state index is 2.54. The first-order valence-electron chi connectivity index (χ1n) is 6.04. The van der Waals surface area contributed by atoms with Gasteiger partial charge in [0.1, 0.15) is 0 Å². The van der Waals surface area contributed by atoms with Crippen LogP contribution in [0.3, 0.4) is 0 Å². The molecule has 0 aliphatic rings. The molecule has 0 unspecified atom stereocenters. The number of rotatable bonds is 6. The van der Waals surface area contributed by atoms with E-state index in [1.165, 1.54) is 37.0 Å². The van der Waals surface area contributed by atoms with Crippen LogP contribution in [0.1, 0.15) is 32.3 Å². The van der Waals surface area contributed by atoms with Crippen molar-refractivity contribution in [1.82, 2.24) is 4.81 Å². The van der Waals surface area contributed by atoms with Gasteiger partial charge in [0.2, 0.25) is 7.41 Å². The van der Waals surface area contributed by atoms with E-state index in [-0.39, 0.29) is 0 Å². The Labute approximate surface area is 94.8 Å². The largest absolute Gasteiger partial charge is 0.341 e. The average Bonchev–Trinajstić information content (AvgIpc) is 2.22. The Morgan fingerprint density at radius 1 is 1.07 bits per heavy atom. The lowest BCUT2D eigenvalue weighted by Gasteiger charge is -2.20. The smallest absolute Gasteiger partial charge is 0.238 e. The van der Waals surface area contributed by atoms with Crippen LogP contribution in [-0.2, 0) is 0 Å². The van der Waals surface area contributed by atoms with Gasteiger partial charge in [-0.1, -0.05) is 49.1 Å². The second-order valence-corrected chi connectivity index (χ2v) is 4.20. The lowest BCUT2D eigenvalue weighted by atomic mass is 9.77. The average molecular weight is 203 g/mol. The van der Waals surface area contributed by atoms with E-state index in [4.69, 9.17) is 0 Å². The van der Waals surface area contributed by atoms with Crippen molar-refractivity contribution in [2.45, 2.75) is 33.6 Å². The topological polar surface area (TPSA) is 3.24 Å². The van der Waals surface area contributed by atoms with Crippen LogP contribution >= 0.6 is 0 Å². The Bertz CT molecular complexity index is 280.